The van der Waals surface area contributed by atoms with Gasteiger partial charge in [-0.2, -0.15) is 0 Å². The molecule has 62 valence electrons. The third-order valence-electron chi connectivity index (χ3n) is 1.83. The number of hydrogen-bond donors (Lipinski definition) is 0. The maximum atomic E-state index is 2.54. The molecule has 0 radical (unpaired) electrons. The normalized spacial score (nSPS) is 13.5. The molecule has 0 amide bonds. The zero-order chi connectivity index (χ0) is 8.36. The van der Waals surface area contributed by atoms with Crippen LogP contribution >= 0.6 is 0 Å². The Morgan fingerprint density at radius 2 is 1.70 bits per heavy atom. The van der Waals surface area contributed by atoms with Gasteiger partial charge < -0.3 is 0 Å². The molecule has 0 bridgehead atoms. The third-order valence-corrected chi connectivity index (χ3v) is 2.51. The van der Waals surface area contributed by atoms with Gasteiger partial charge in [-0.05, 0) is 40.8 Å². The van der Waals surface area contributed by atoms with Gasteiger partial charge in [-0.25, -0.2) is 0 Å². The van der Waals surface area contributed by atoms with Gasteiger partial charge in [0.2, 0.25) is 0 Å². The molecule has 0 N–H and O–H groups in total. The number of nitrogens with zero attached hydrogens (tertiary/aromatic N) is 1. The molecule has 0 aromatic rings. The highest BCUT2D eigenvalue weighted by Gasteiger charge is 2.21. The van der Waals surface area contributed by atoms with Crippen LogP contribution in [0.5, 0.6) is 0 Å². The van der Waals surface area contributed by atoms with E-state index in [-0.39, 0.29) is 0 Å². The van der Waals surface area contributed by atoms with Gasteiger partial charge in [-0.1, -0.05) is 0 Å². The van der Waals surface area contributed by atoms with E-state index in [0.717, 1.165) is 0 Å². The Balaban J connectivity index is 4.07. The van der Waals surface area contributed by atoms with Gasteiger partial charge in [0.25, 0.3) is 0 Å². The molecular formula is C8H21NSi. The second-order valence-corrected chi connectivity index (χ2v) is 4.68. The first-order valence-corrected chi connectivity index (χ1v) is 5.57. The Bertz CT molecular complexity index is 93.9. The van der Waals surface area contributed by atoms with E-state index >= 15 is 0 Å². The summed E-state index contributed by atoms with van der Waals surface area (Å²) in [5, 5.41) is 0. The highest BCUT2D eigenvalue weighted by atomic mass is 28.1. The van der Waals surface area contributed by atoms with Crippen LogP contribution in [0.3, 0.4) is 0 Å². The quantitative estimate of drug-likeness (QED) is 0.539. The van der Waals surface area contributed by atoms with Crippen molar-refractivity contribution in [2.75, 3.05) is 6.17 Å². The molecule has 0 fully saturated rings. The maximum Gasteiger partial charge on any atom is 0.0205 e. The molecule has 1 nitrogen and oxygen atoms in total. The monoisotopic (exact) mass is 159 g/mol. The Morgan fingerprint density at radius 3 is 1.70 bits per heavy atom. The molecule has 0 saturated carbocycles. The summed E-state index contributed by atoms with van der Waals surface area (Å²) < 4.78 is 0. The summed E-state index contributed by atoms with van der Waals surface area (Å²) >= 11 is 0. The Hall–Kier alpha value is 0.177. The van der Waals surface area contributed by atoms with Crippen molar-refractivity contribution in [1.29, 1.82) is 0 Å². The summed E-state index contributed by atoms with van der Waals surface area (Å²) in [6, 6.07) is 0.692. The first-order chi connectivity index (χ1) is 4.39. The topological polar surface area (TPSA) is 3.24 Å². The lowest BCUT2D eigenvalue weighted by Crippen LogP contribution is -2.46. The zero-order valence-corrected chi connectivity index (χ0v) is 10.2. The van der Waals surface area contributed by atoms with E-state index in [9.17, 15) is 0 Å². The minimum atomic E-state index is 0.357. The lowest BCUT2D eigenvalue weighted by atomic mass is 10.1. The van der Waals surface area contributed by atoms with Crippen molar-refractivity contribution < 1.29 is 0 Å². The largest absolute Gasteiger partial charge is 0.300 e. The molecular weight excluding hydrogens is 138 g/mol. The van der Waals surface area contributed by atoms with E-state index < -0.39 is 0 Å². The molecule has 10 heavy (non-hydrogen) atoms. The fraction of sp³-hybridized carbons (Fsp3) is 1.00. The summed E-state index contributed by atoms with van der Waals surface area (Å²) in [6.07, 6.45) is 1.28. The van der Waals surface area contributed by atoms with Crippen LogP contribution < -0.4 is 0 Å². The highest BCUT2D eigenvalue weighted by Crippen LogP contribution is 2.14. The van der Waals surface area contributed by atoms with Crippen molar-refractivity contribution in [3.63, 3.8) is 0 Å². The van der Waals surface area contributed by atoms with E-state index in [4.69, 9.17) is 0 Å². The molecule has 0 rings (SSSR count). The lowest BCUT2D eigenvalue weighted by molar-refractivity contribution is 0.125. The van der Waals surface area contributed by atoms with Gasteiger partial charge in [0.05, 0.1) is 0 Å². The Kier molecular flexibility index (Phi) is 3.60. The molecule has 0 aliphatic rings. The molecule has 0 saturated heterocycles. The first-order valence-electron chi connectivity index (χ1n) is 4.16. The van der Waals surface area contributed by atoms with Gasteiger partial charge in [0, 0.05) is 21.8 Å². The first kappa shape index (κ1) is 10.2. The SMILES string of the molecule is CC(C)N(C[SiH3])C(C)(C)C. The molecule has 0 aromatic carbocycles. The van der Waals surface area contributed by atoms with Crippen LogP contribution in [0.25, 0.3) is 0 Å². The van der Waals surface area contributed by atoms with Crippen molar-refractivity contribution in [1.82, 2.24) is 4.90 Å². The van der Waals surface area contributed by atoms with Gasteiger partial charge in [0.15, 0.2) is 0 Å². The summed E-state index contributed by atoms with van der Waals surface area (Å²) in [7, 11) is 1.28. The Labute approximate surface area is 68.2 Å². The molecule has 0 atom stereocenters. The van der Waals surface area contributed by atoms with E-state index in [1.165, 1.54) is 16.4 Å². The lowest BCUT2D eigenvalue weighted by Gasteiger charge is -2.38. The number of hydrogen-bond acceptors (Lipinski definition) is 1. The van der Waals surface area contributed by atoms with Crippen molar-refractivity contribution >= 4 is 10.2 Å². The van der Waals surface area contributed by atoms with Crippen LogP contribution in [0.4, 0.5) is 0 Å². The second-order valence-electron chi connectivity index (χ2n) is 4.05. The predicted molar refractivity (Wildman–Crippen MR) is 51.5 cm³/mol. The third kappa shape index (κ3) is 2.84. The van der Waals surface area contributed by atoms with Crippen molar-refractivity contribution in [3.8, 4) is 0 Å². The molecule has 0 aliphatic carbocycles. The highest BCUT2D eigenvalue weighted by molar-refractivity contribution is 6.08. The smallest absolute Gasteiger partial charge is 0.0205 e. The zero-order valence-electron chi connectivity index (χ0n) is 8.23. The Morgan fingerprint density at radius 1 is 1.30 bits per heavy atom. The van der Waals surface area contributed by atoms with Gasteiger partial charge >= 0.3 is 0 Å². The fourth-order valence-electron chi connectivity index (χ4n) is 1.61. The van der Waals surface area contributed by atoms with E-state index in [1.807, 2.05) is 0 Å². The van der Waals surface area contributed by atoms with Crippen LogP contribution in [-0.2, 0) is 0 Å². The van der Waals surface area contributed by atoms with Gasteiger partial charge in [-0.15, -0.1) is 0 Å². The molecule has 0 unspecified atom stereocenters. The van der Waals surface area contributed by atoms with Crippen LogP contribution in [0, 0.1) is 0 Å². The minimum Gasteiger partial charge on any atom is -0.300 e. The molecule has 0 heterocycles. The van der Waals surface area contributed by atoms with Gasteiger partial charge in [0.1, 0.15) is 0 Å². The molecule has 0 spiro atoms. The van der Waals surface area contributed by atoms with Crippen LogP contribution in [0.1, 0.15) is 34.6 Å². The van der Waals surface area contributed by atoms with E-state index in [2.05, 4.69) is 39.5 Å². The molecule has 2 heteroatoms. The number of rotatable bonds is 2. The van der Waals surface area contributed by atoms with Gasteiger partial charge in [-0.3, -0.25) is 4.90 Å². The van der Waals surface area contributed by atoms with Crippen LogP contribution in [0.2, 0.25) is 0 Å². The van der Waals surface area contributed by atoms with Crippen LogP contribution in [0.15, 0.2) is 0 Å². The van der Waals surface area contributed by atoms with Crippen molar-refractivity contribution in [3.05, 3.63) is 0 Å². The summed E-state index contributed by atoms with van der Waals surface area (Å²) in [6.45, 7) is 11.4. The van der Waals surface area contributed by atoms with Crippen molar-refractivity contribution in [2.45, 2.75) is 46.2 Å². The van der Waals surface area contributed by atoms with E-state index in [1.54, 1.807) is 0 Å². The maximum absolute atomic E-state index is 2.54. The summed E-state index contributed by atoms with van der Waals surface area (Å²) in [4.78, 5) is 2.54. The molecule has 0 aromatic heterocycles. The fourth-order valence-corrected chi connectivity index (χ4v) is 3.29. The minimum absolute atomic E-state index is 0.357. The van der Waals surface area contributed by atoms with Crippen LogP contribution in [-0.4, -0.2) is 32.9 Å². The standard InChI is InChI=1S/C8H21NSi/c1-7(2)9(6-10)8(3,4)5/h7H,6H2,1-5,10H3. The van der Waals surface area contributed by atoms with Crippen molar-refractivity contribution in [2.24, 2.45) is 0 Å². The van der Waals surface area contributed by atoms with E-state index in [0.29, 0.717) is 11.6 Å². The predicted octanol–water partition coefficient (Wildman–Crippen LogP) is 0.818. The average molecular weight is 159 g/mol. The molecule has 0 aliphatic heterocycles. The average Bonchev–Trinajstić information content (AvgIpc) is 1.60. The summed E-state index contributed by atoms with van der Waals surface area (Å²) in [5.74, 6) is 0. The summed E-state index contributed by atoms with van der Waals surface area (Å²) in [5.41, 5.74) is 0.357. The second kappa shape index (κ2) is 3.53.